The van der Waals surface area contributed by atoms with E-state index < -0.39 is 20.8 Å². The molecule has 6 aromatic carbocycles. The summed E-state index contributed by atoms with van der Waals surface area (Å²) in [5, 5.41) is 10.3. The zero-order valence-electron chi connectivity index (χ0n) is 36.2. The second-order valence-electron chi connectivity index (χ2n) is 15.4. The molecule has 0 aliphatic heterocycles. The second kappa shape index (κ2) is 25.2. The number of hydrogen-bond acceptors (Lipinski definition) is 2. The number of carbonyl (C=O) groups excluding carboxylic acids is 2. The fourth-order valence-electron chi connectivity index (χ4n) is 6.84. The van der Waals surface area contributed by atoms with Gasteiger partial charge in [0.25, 0.3) is 0 Å². The first-order chi connectivity index (χ1) is 27.8. The Morgan fingerprint density at radius 2 is 0.914 bits per heavy atom. The zero-order valence-corrected chi connectivity index (χ0v) is 40.1. The predicted octanol–water partition coefficient (Wildman–Crippen LogP) is 14.7. The summed E-state index contributed by atoms with van der Waals surface area (Å²) in [5.74, 6) is 2.11. The molecule has 8 heteroatoms. The maximum absolute atomic E-state index is 10.6. The molecule has 0 aromatic heterocycles. The van der Waals surface area contributed by atoms with Crippen molar-refractivity contribution in [1.82, 2.24) is 10.5 Å². The van der Waals surface area contributed by atoms with Crippen molar-refractivity contribution < 1.29 is 30.4 Å². The fraction of sp³-hybridized carbons (Fsp3) is 0.360. The molecule has 0 bridgehead atoms. The molecule has 2 N–H and O–H groups in total. The molecular weight excluding hydrogens is 834 g/mol. The minimum atomic E-state index is -0.826. The molecule has 2 atom stereocenters. The van der Waals surface area contributed by atoms with Crippen LogP contribution in [0.25, 0.3) is 43.8 Å². The second-order valence-corrected chi connectivity index (χ2v) is 19.1. The molecule has 1 radical (unpaired) electrons. The molecule has 0 saturated carbocycles. The van der Waals surface area contributed by atoms with Gasteiger partial charge < -0.3 is 10.5 Å². The van der Waals surface area contributed by atoms with Crippen LogP contribution in [0.4, 0.5) is 0 Å². The molecule has 6 aromatic rings. The van der Waals surface area contributed by atoms with Gasteiger partial charge in [-0.15, -0.1) is 69.1 Å². The summed E-state index contributed by atoms with van der Waals surface area (Å²) in [4.78, 5) is 21.2. The first-order valence-electron chi connectivity index (χ1n) is 20.8. The summed E-state index contributed by atoms with van der Waals surface area (Å²) in [6.07, 6.45) is 3.17. The Morgan fingerprint density at radius 1 is 0.569 bits per heavy atom. The van der Waals surface area contributed by atoms with E-state index in [9.17, 15) is 9.59 Å². The normalized spacial score (nSPS) is 11.6. The van der Waals surface area contributed by atoms with Crippen LogP contribution in [0.5, 0.6) is 0 Å². The van der Waals surface area contributed by atoms with E-state index in [4.69, 9.17) is 17.0 Å². The van der Waals surface area contributed by atoms with Crippen LogP contribution in [-0.2, 0) is 30.4 Å². The summed E-state index contributed by atoms with van der Waals surface area (Å²) in [5.41, 5.74) is 11.3. The fourth-order valence-corrected chi connectivity index (χ4v) is 6.84. The van der Waals surface area contributed by atoms with Crippen molar-refractivity contribution in [2.45, 2.75) is 119 Å². The van der Waals surface area contributed by atoms with Crippen molar-refractivity contribution in [3.63, 3.8) is 0 Å². The van der Waals surface area contributed by atoms with Crippen molar-refractivity contribution in [3.8, 4) is 22.3 Å². The van der Waals surface area contributed by atoms with Gasteiger partial charge in [-0.25, -0.2) is 0 Å². The molecule has 6 rings (SSSR count). The molecular formula is C50H62BCl2N2O2Zr. The van der Waals surface area contributed by atoms with E-state index in [-0.39, 0.29) is 11.8 Å². The Hall–Kier alpha value is -3.43. The summed E-state index contributed by atoms with van der Waals surface area (Å²) in [6.45, 7) is 21.7. The third-order valence-corrected chi connectivity index (χ3v) is 10.8. The van der Waals surface area contributed by atoms with Gasteiger partial charge in [0.2, 0.25) is 11.8 Å². The van der Waals surface area contributed by atoms with Crippen molar-refractivity contribution in [2.75, 3.05) is 0 Å². The molecule has 2 amide bonds. The molecule has 4 nitrogen and oxygen atoms in total. The van der Waals surface area contributed by atoms with Crippen molar-refractivity contribution >= 4 is 57.9 Å². The molecule has 0 saturated heterocycles. The van der Waals surface area contributed by atoms with Crippen LogP contribution in [0.15, 0.2) is 109 Å². The number of rotatable bonds is 12. The van der Waals surface area contributed by atoms with Gasteiger partial charge in [0, 0.05) is 12.8 Å². The van der Waals surface area contributed by atoms with E-state index in [2.05, 4.69) is 175 Å². The van der Waals surface area contributed by atoms with Gasteiger partial charge in [0.15, 0.2) is 0 Å². The van der Waals surface area contributed by atoms with Crippen LogP contribution in [0.1, 0.15) is 141 Å². The van der Waals surface area contributed by atoms with Crippen LogP contribution in [-0.4, -0.2) is 19.4 Å². The molecule has 2 unspecified atom stereocenters. The molecule has 0 heterocycles. The first-order valence-corrected chi connectivity index (χ1v) is 27.1. The third kappa shape index (κ3) is 13.8. The van der Waals surface area contributed by atoms with Gasteiger partial charge in [-0.05, 0) is 58.8 Å². The third-order valence-electron chi connectivity index (χ3n) is 10.8. The van der Waals surface area contributed by atoms with E-state index in [0.717, 1.165) is 0 Å². The van der Waals surface area contributed by atoms with E-state index in [1.54, 1.807) is 13.8 Å². The van der Waals surface area contributed by atoms with Gasteiger partial charge >= 0.3 is 45.4 Å². The number of amides is 2. The van der Waals surface area contributed by atoms with Crippen molar-refractivity contribution in [3.05, 3.63) is 131 Å². The number of nitrogens with one attached hydrogen (secondary N) is 2. The standard InChI is InChI=1S/2C22H25.C6H12BN2O2.2ClH.Zr/c2*1-5-16(4)19-10-6-7-11-20(19)21-12-8-9-17-13-18(15(2)3)14-22(17)21;1-3-5(10)8-7-9-6(11)4-2;;;/h2*6-16H,5H2,1-4H3;3-4H2,1-2H3,(H,8,10)(H,9,11);2*1H;/q2*-1;;;;+4/p-2. The summed E-state index contributed by atoms with van der Waals surface area (Å²) in [6, 6.07) is 40.6. The Balaban J connectivity index is 0.000000237. The first kappa shape index (κ1) is 48.9. The predicted molar refractivity (Wildman–Crippen MR) is 250 cm³/mol. The van der Waals surface area contributed by atoms with Crippen LogP contribution < -0.4 is 10.5 Å². The zero-order chi connectivity index (χ0) is 42.8. The molecule has 0 spiro atoms. The Labute approximate surface area is 368 Å². The van der Waals surface area contributed by atoms with E-state index in [1.165, 1.54) is 86.4 Å². The molecule has 58 heavy (non-hydrogen) atoms. The van der Waals surface area contributed by atoms with Crippen molar-refractivity contribution in [1.29, 1.82) is 0 Å². The Bertz CT molecular complexity index is 2020. The topological polar surface area (TPSA) is 58.2 Å². The van der Waals surface area contributed by atoms with Crippen LogP contribution in [0.3, 0.4) is 0 Å². The molecule has 0 fully saturated rings. The average molecular weight is 896 g/mol. The van der Waals surface area contributed by atoms with Crippen LogP contribution >= 0.6 is 17.0 Å². The number of hydrogen-bond donors (Lipinski definition) is 2. The molecule has 305 valence electrons. The van der Waals surface area contributed by atoms with E-state index >= 15 is 0 Å². The Morgan fingerprint density at radius 3 is 1.24 bits per heavy atom. The van der Waals surface area contributed by atoms with Crippen LogP contribution in [0, 0.1) is 0 Å². The van der Waals surface area contributed by atoms with E-state index in [0.29, 0.717) is 36.5 Å². The quantitative estimate of drug-likeness (QED) is 0.0950. The number of benzene rings is 4. The van der Waals surface area contributed by atoms with Gasteiger partial charge in [-0.2, -0.15) is 12.1 Å². The average Bonchev–Trinajstić information content (AvgIpc) is 3.90. The maximum atomic E-state index is 10.6. The molecule has 0 aliphatic carbocycles. The number of carbonyl (C=O) groups is 2. The molecule has 0 aliphatic rings. The van der Waals surface area contributed by atoms with Gasteiger partial charge in [-0.3, -0.25) is 9.59 Å². The number of halogens is 2. The van der Waals surface area contributed by atoms with Gasteiger partial charge in [0.05, 0.1) is 0 Å². The van der Waals surface area contributed by atoms with Gasteiger partial charge in [0.1, 0.15) is 0 Å². The summed E-state index contributed by atoms with van der Waals surface area (Å²) < 4.78 is 0. The summed E-state index contributed by atoms with van der Waals surface area (Å²) in [7, 11) is 11.1. The SMILES string of the molecule is CCC(=O)N[B]NC(=O)CC.CCC(C)c1ccccc1-c1cccc2[cH-]c(C(C)C)cc12.CCC(C)c1ccccc1-c1cccc2[cH-]c(C(C)C)cc12.[Cl][Zr+2][Cl]. The Kier molecular flexibility index (Phi) is 21.3. The monoisotopic (exact) mass is 893 g/mol. The van der Waals surface area contributed by atoms with Gasteiger partial charge in [-0.1, -0.05) is 141 Å². The van der Waals surface area contributed by atoms with Crippen LogP contribution in [0.2, 0.25) is 0 Å². The minimum absolute atomic E-state index is 0.110. The summed E-state index contributed by atoms with van der Waals surface area (Å²) >= 11 is -0.826. The van der Waals surface area contributed by atoms with Crippen molar-refractivity contribution in [2.24, 2.45) is 0 Å². The van der Waals surface area contributed by atoms with E-state index in [1.807, 2.05) is 0 Å². The number of fused-ring (bicyclic) bond motifs is 2.